The fraction of sp³-hybridized carbons (Fsp3) is 0.577. The summed E-state index contributed by atoms with van der Waals surface area (Å²) in [7, 11) is 0. The third-order valence-electron chi connectivity index (χ3n) is 6.68. The Kier molecular flexibility index (Phi) is 8.43. The van der Waals surface area contributed by atoms with Crippen LogP contribution in [0, 0.1) is 13.8 Å². The number of hydrogen-bond acceptors (Lipinski definition) is 5. The Morgan fingerprint density at radius 1 is 0.912 bits per heavy atom. The fourth-order valence-corrected chi connectivity index (χ4v) is 5.69. The van der Waals surface area contributed by atoms with Crippen LogP contribution in [0.1, 0.15) is 84.4 Å². The monoisotopic (exact) mass is 484 g/mol. The first-order chi connectivity index (χ1) is 16.5. The Hall–Kier alpha value is -2.61. The van der Waals surface area contributed by atoms with Crippen LogP contribution in [0.15, 0.2) is 23.6 Å². The summed E-state index contributed by atoms with van der Waals surface area (Å²) >= 11 is 1.42. The second-order valence-electron chi connectivity index (χ2n) is 9.66. The van der Waals surface area contributed by atoms with Gasteiger partial charge < -0.3 is 20.7 Å². The van der Waals surface area contributed by atoms with Crippen molar-refractivity contribution in [3.05, 3.63) is 45.4 Å². The van der Waals surface area contributed by atoms with Crippen molar-refractivity contribution in [2.75, 3.05) is 0 Å². The smallest absolute Gasteiger partial charge is 0.315 e. The van der Waals surface area contributed by atoms with Crippen LogP contribution in [0.25, 0.3) is 0 Å². The number of carbonyl (C=O) groups is 2. The molecule has 3 amide bonds. The highest BCUT2D eigenvalue weighted by atomic mass is 32.1. The van der Waals surface area contributed by atoms with Crippen molar-refractivity contribution in [2.45, 2.75) is 96.4 Å². The van der Waals surface area contributed by atoms with Crippen molar-refractivity contribution in [2.24, 2.45) is 0 Å². The minimum Gasteiger partial charge on any atom is -0.486 e. The van der Waals surface area contributed by atoms with Crippen LogP contribution in [-0.4, -0.2) is 35.0 Å². The highest BCUT2D eigenvalue weighted by molar-refractivity contribution is 7.09. The molecule has 184 valence electrons. The zero-order valence-corrected chi connectivity index (χ0v) is 21.0. The molecule has 8 heteroatoms. The van der Waals surface area contributed by atoms with Crippen molar-refractivity contribution in [3.63, 3.8) is 0 Å². The second-order valence-corrected chi connectivity index (χ2v) is 10.6. The highest BCUT2D eigenvalue weighted by Gasteiger charge is 2.29. The van der Waals surface area contributed by atoms with E-state index in [4.69, 9.17) is 4.74 Å². The topological polar surface area (TPSA) is 92.3 Å². The Morgan fingerprint density at radius 2 is 1.56 bits per heavy atom. The third kappa shape index (κ3) is 6.95. The highest BCUT2D eigenvalue weighted by Crippen LogP contribution is 2.22. The summed E-state index contributed by atoms with van der Waals surface area (Å²) in [4.78, 5) is 29.9. The molecule has 1 aromatic carbocycles. The molecule has 2 aliphatic rings. The molecule has 2 saturated carbocycles. The van der Waals surface area contributed by atoms with E-state index in [9.17, 15) is 9.59 Å². The average molecular weight is 485 g/mol. The molecule has 2 atom stereocenters. The van der Waals surface area contributed by atoms with Crippen LogP contribution in [0.5, 0.6) is 5.75 Å². The molecule has 0 radical (unpaired) electrons. The van der Waals surface area contributed by atoms with E-state index in [1.54, 1.807) is 5.38 Å². The van der Waals surface area contributed by atoms with Crippen molar-refractivity contribution < 1.29 is 14.3 Å². The Morgan fingerprint density at radius 3 is 2.26 bits per heavy atom. The number of thiazole rings is 1. The minimum atomic E-state index is -0.194. The lowest BCUT2D eigenvalue weighted by Crippen LogP contribution is -2.56. The maximum atomic E-state index is 12.9. The lowest BCUT2D eigenvalue weighted by molar-refractivity contribution is 0.0911. The molecular formula is C26H36N4O3S. The van der Waals surface area contributed by atoms with E-state index in [-0.39, 0.29) is 30.1 Å². The molecule has 1 aromatic heterocycles. The van der Waals surface area contributed by atoms with Crippen LogP contribution >= 0.6 is 11.3 Å². The largest absolute Gasteiger partial charge is 0.486 e. The van der Waals surface area contributed by atoms with Gasteiger partial charge >= 0.3 is 6.03 Å². The first kappa shape index (κ1) is 24.5. The van der Waals surface area contributed by atoms with Gasteiger partial charge in [0.05, 0.1) is 6.04 Å². The number of ether oxygens (including phenoxy) is 1. The molecule has 2 aromatic rings. The fourth-order valence-electron chi connectivity index (χ4n) is 5.00. The summed E-state index contributed by atoms with van der Waals surface area (Å²) in [5.41, 5.74) is 2.70. The SMILES string of the molecule is Cc1cc(C)cc(OCc2nc(C(=O)NC3CCCCC3NC(=O)NC3CCCCC3)cs2)c1. The molecule has 2 unspecified atom stereocenters. The van der Waals surface area contributed by atoms with Crippen molar-refractivity contribution in [1.82, 2.24) is 20.9 Å². The Bertz CT molecular complexity index is 966. The Labute approximate surface area is 206 Å². The van der Waals surface area contributed by atoms with Gasteiger partial charge in [0.2, 0.25) is 0 Å². The van der Waals surface area contributed by atoms with E-state index in [1.165, 1.54) is 30.6 Å². The third-order valence-corrected chi connectivity index (χ3v) is 7.50. The number of nitrogens with zero attached hydrogens (tertiary/aromatic N) is 1. The number of hydrogen-bond donors (Lipinski definition) is 3. The summed E-state index contributed by atoms with van der Waals surface area (Å²) < 4.78 is 5.88. The number of aromatic nitrogens is 1. The van der Waals surface area contributed by atoms with Gasteiger partial charge in [-0.3, -0.25) is 4.79 Å². The number of urea groups is 1. The van der Waals surface area contributed by atoms with Crippen LogP contribution in [0.4, 0.5) is 4.79 Å². The lowest BCUT2D eigenvalue weighted by Gasteiger charge is -2.33. The molecule has 0 bridgehead atoms. The zero-order chi connectivity index (χ0) is 23.9. The quantitative estimate of drug-likeness (QED) is 0.515. The maximum Gasteiger partial charge on any atom is 0.315 e. The first-order valence-corrected chi connectivity index (χ1v) is 13.4. The number of carbonyl (C=O) groups excluding carboxylic acids is 2. The summed E-state index contributed by atoms with van der Waals surface area (Å²) in [6, 6.07) is 6.10. The van der Waals surface area contributed by atoms with Crippen molar-refractivity contribution >= 4 is 23.3 Å². The molecule has 2 fully saturated rings. The van der Waals surface area contributed by atoms with Gasteiger partial charge in [-0.15, -0.1) is 11.3 Å². The minimum absolute atomic E-state index is 0.0627. The van der Waals surface area contributed by atoms with E-state index in [1.807, 2.05) is 26.0 Å². The van der Waals surface area contributed by atoms with E-state index in [0.29, 0.717) is 12.3 Å². The van der Waals surface area contributed by atoms with Crippen molar-refractivity contribution in [3.8, 4) is 5.75 Å². The number of rotatable bonds is 7. The standard InChI is InChI=1S/C26H36N4O3S/c1-17-12-18(2)14-20(13-17)33-15-24-28-23(16-34-24)25(31)29-21-10-6-7-11-22(21)30-26(32)27-19-8-4-3-5-9-19/h12-14,16,19,21-22H,3-11,15H2,1-2H3,(H,29,31)(H2,27,30,32). The molecule has 2 aliphatic carbocycles. The van der Waals surface area contributed by atoms with Crippen LogP contribution in [-0.2, 0) is 6.61 Å². The number of nitrogens with one attached hydrogen (secondary N) is 3. The summed E-state index contributed by atoms with van der Waals surface area (Å²) in [5.74, 6) is 0.613. The van der Waals surface area contributed by atoms with Crippen LogP contribution in [0.3, 0.4) is 0 Å². The number of benzene rings is 1. The van der Waals surface area contributed by atoms with Gasteiger partial charge in [-0.25, -0.2) is 9.78 Å². The van der Waals surface area contributed by atoms with E-state index in [2.05, 4.69) is 27.0 Å². The zero-order valence-electron chi connectivity index (χ0n) is 20.2. The summed E-state index contributed by atoms with van der Waals surface area (Å²) in [5, 5.41) is 11.9. The van der Waals surface area contributed by atoms with E-state index >= 15 is 0 Å². The van der Waals surface area contributed by atoms with Gasteiger partial charge in [-0.05, 0) is 62.8 Å². The average Bonchev–Trinajstić information content (AvgIpc) is 3.28. The van der Waals surface area contributed by atoms with Gasteiger partial charge in [0.1, 0.15) is 23.1 Å². The maximum absolute atomic E-state index is 12.9. The lowest BCUT2D eigenvalue weighted by atomic mass is 9.90. The molecule has 7 nitrogen and oxygen atoms in total. The normalized spacial score (nSPS) is 21.0. The van der Waals surface area contributed by atoms with E-state index < -0.39 is 0 Å². The second kappa shape index (κ2) is 11.7. The van der Waals surface area contributed by atoms with Gasteiger partial charge in [0.25, 0.3) is 5.91 Å². The molecule has 0 saturated heterocycles. The summed E-state index contributed by atoms with van der Waals surface area (Å²) in [6.07, 6.45) is 9.54. The van der Waals surface area contributed by atoms with Crippen LogP contribution in [0.2, 0.25) is 0 Å². The van der Waals surface area contributed by atoms with Gasteiger partial charge in [0.15, 0.2) is 0 Å². The molecule has 34 heavy (non-hydrogen) atoms. The molecule has 3 N–H and O–H groups in total. The van der Waals surface area contributed by atoms with Gasteiger partial charge in [-0.2, -0.15) is 0 Å². The Balaban J connectivity index is 1.29. The summed E-state index contributed by atoms with van der Waals surface area (Å²) in [6.45, 7) is 4.41. The molecule has 0 aliphatic heterocycles. The van der Waals surface area contributed by atoms with Gasteiger partial charge in [-0.1, -0.05) is 38.2 Å². The number of aryl methyl sites for hydroxylation is 2. The molecular weight excluding hydrogens is 448 g/mol. The molecule has 0 spiro atoms. The predicted octanol–water partition coefficient (Wildman–Crippen LogP) is 5.01. The van der Waals surface area contributed by atoms with Crippen molar-refractivity contribution in [1.29, 1.82) is 0 Å². The first-order valence-electron chi connectivity index (χ1n) is 12.5. The van der Waals surface area contributed by atoms with Gasteiger partial charge in [0, 0.05) is 17.5 Å². The molecule has 4 rings (SSSR count). The van der Waals surface area contributed by atoms with Crippen LogP contribution < -0.4 is 20.7 Å². The molecule has 1 heterocycles. The van der Waals surface area contributed by atoms with E-state index in [0.717, 1.165) is 60.4 Å². The number of amides is 3. The predicted molar refractivity (Wildman–Crippen MR) is 134 cm³/mol.